The second-order valence-electron chi connectivity index (χ2n) is 5.10. The van der Waals surface area contributed by atoms with Crippen molar-refractivity contribution in [2.45, 2.75) is 45.6 Å². The minimum atomic E-state index is -0.946. The quantitative estimate of drug-likeness (QED) is 0.894. The van der Waals surface area contributed by atoms with E-state index in [1.54, 1.807) is 19.1 Å². The van der Waals surface area contributed by atoms with Crippen LogP contribution in [0.25, 0.3) is 0 Å². The lowest BCUT2D eigenvalue weighted by Gasteiger charge is -2.27. The summed E-state index contributed by atoms with van der Waals surface area (Å²) >= 11 is 0. The van der Waals surface area contributed by atoms with Crippen LogP contribution in [0.4, 0.5) is 0 Å². The molecule has 0 bridgehead atoms. The van der Waals surface area contributed by atoms with Crippen LogP contribution < -0.4 is 4.74 Å². The number of aryl methyl sites for hydroxylation is 1. The molecule has 0 aliphatic heterocycles. The van der Waals surface area contributed by atoms with Crippen LogP contribution in [-0.2, 0) is 0 Å². The molecule has 2 rings (SSSR count). The minimum Gasteiger partial charge on any atom is -0.478 e. The third-order valence-electron chi connectivity index (χ3n) is 3.47. The van der Waals surface area contributed by atoms with Crippen molar-refractivity contribution in [3.8, 4) is 5.88 Å². The van der Waals surface area contributed by atoms with Gasteiger partial charge in [-0.15, -0.1) is 0 Å². The molecule has 2 unspecified atom stereocenters. The van der Waals surface area contributed by atoms with Crippen LogP contribution in [0.2, 0.25) is 0 Å². The van der Waals surface area contributed by atoms with Gasteiger partial charge in [0.1, 0.15) is 6.10 Å². The fourth-order valence-electron chi connectivity index (χ4n) is 2.49. The zero-order chi connectivity index (χ0) is 13.1. The maximum atomic E-state index is 10.9. The third kappa shape index (κ3) is 3.00. The number of aromatic carboxylic acids is 1. The van der Waals surface area contributed by atoms with E-state index in [1.165, 1.54) is 12.8 Å². The van der Waals surface area contributed by atoms with Crippen LogP contribution in [0.5, 0.6) is 5.88 Å². The molecule has 1 fully saturated rings. The van der Waals surface area contributed by atoms with Crippen LogP contribution in [0, 0.1) is 12.8 Å². The van der Waals surface area contributed by atoms with E-state index in [1.807, 2.05) is 0 Å². The molecule has 1 aromatic heterocycles. The number of hydrogen-bond donors (Lipinski definition) is 1. The molecule has 1 saturated carbocycles. The minimum absolute atomic E-state index is 0.219. The molecule has 0 saturated heterocycles. The van der Waals surface area contributed by atoms with E-state index in [0.29, 0.717) is 17.5 Å². The largest absolute Gasteiger partial charge is 0.478 e. The standard InChI is InChI=1S/C14H19NO3/c1-9-4-3-5-11(8-9)18-13-7-6-12(14(16)17)10(2)15-13/h6-7,9,11H,3-5,8H2,1-2H3,(H,16,17). The molecule has 1 heterocycles. The SMILES string of the molecule is Cc1nc(OC2CCCC(C)C2)ccc1C(=O)O. The summed E-state index contributed by atoms with van der Waals surface area (Å²) in [6.45, 7) is 3.93. The van der Waals surface area contributed by atoms with Gasteiger partial charge < -0.3 is 9.84 Å². The first-order valence-corrected chi connectivity index (χ1v) is 6.44. The van der Waals surface area contributed by atoms with Gasteiger partial charge in [0.2, 0.25) is 5.88 Å². The van der Waals surface area contributed by atoms with Gasteiger partial charge in [-0.1, -0.05) is 13.3 Å². The smallest absolute Gasteiger partial charge is 0.337 e. The number of carboxylic acids is 1. The van der Waals surface area contributed by atoms with Gasteiger partial charge in [0, 0.05) is 6.07 Å². The number of hydrogen-bond acceptors (Lipinski definition) is 3. The van der Waals surface area contributed by atoms with Gasteiger partial charge in [-0.2, -0.15) is 0 Å². The highest BCUT2D eigenvalue weighted by molar-refractivity contribution is 5.88. The first-order valence-electron chi connectivity index (χ1n) is 6.44. The first kappa shape index (κ1) is 12.9. The molecule has 98 valence electrons. The molecular weight excluding hydrogens is 230 g/mol. The molecular formula is C14H19NO3. The molecule has 4 heteroatoms. The molecule has 18 heavy (non-hydrogen) atoms. The highest BCUT2D eigenvalue weighted by atomic mass is 16.5. The Morgan fingerprint density at radius 3 is 2.83 bits per heavy atom. The number of aromatic nitrogens is 1. The molecule has 0 amide bonds. The van der Waals surface area contributed by atoms with Gasteiger partial charge >= 0.3 is 5.97 Å². The topological polar surface area (TPSA) is 59.4 Å². The molecule has 1 aromatic rings. The van der Waals surface area contributed by atoms with Gasteiger partial charge in [0.25, 0.3) is 0 Å². The van der Waals surface area contributed by atoms with Crippen LogP contribution in [-0.4, -0.2) is 22.2 Å². The average molecular weight is 249 g/mol. The van der Waals surface area contributed by atoms with Crippen LogP contribution >= 0.6 is 0 Å². The molecule has 2 atom stereocenters. The number of pyridine rings is 1. The summed E-state index contributed by atoms with van der Waals surface area (Å²) in [7, 11) is 0. The Hall–Kier alpha value is -1.58. The molecule has 0 radical (unpaired) electrons. The summed E-state index contributed by atoms with van der Waals surface area (Å²) in [5.74, 6) is 0.289. The fraction of sp³-hybridized carbons (Fsp3) is 0.571. The maximum Gasteiger partial charge on any atom is 0.337 e. The summed E-state index contributed by atoms with van der Waals surface area (Å²) in [4.78, 5) is 15.1. The number of ether oxygens (including phenoxy) is 1. The summed E-state index contributed by atoms with van der Waals surface area (Å²) in [5, 5.41) is 8.93. The molecule has 0 spiro atoms. The monoisotopic (exact) mass is 249 g/mol. The van der Waals surface area contributed by atoms with E-state index in [0.717, 1.165) is 12.8 Å². The van der Waals surface area contributed by atoms with E-state index >= 15 is 0 Å². The Kier molecular flexibility index (Phi) is 3.84. The maximum absolute atomic E-state index is 10.9. The number of carbonyl (C=O) groups is 1. The molecule has 1 aliphatic rings. The average Bonchev–Trinajstić information content (AvgIpc) is 2.28. The van der Waals surface area contributed by atoms with Gasteiger partial charge in [-0.25, -0.2) is 9.78 Å². The van der Waals surface area contributed by atoms with Crippen molar-refractivity contribution in [3.05, 3.63) is 23.4 Å². The zero-order valence-electron chi connectivity index (χ0n) is 10.8. The van der Waals surface area contributed by atoms with E-state index < -0.39 is 5.97 Å². The summed E-state index contributed by atoms with van der Waals surface area (Å²) in [5.41, 5.74) is 0.739. The van der Waals surface area contributed by atoms with Crippen molar-refractivity contribution in [1.82, 2.24) is 4.98 Å². The third-order valence-corrected chi connectivity index (χ3v) is 3.47. The molecule has 1 N–H and O–H groups in total. The van der Waals surface area contributed by atoms with Crippen molar-refractivity contribution in [1.29, 1.82) is 0 Å². The second-order valence-corrected chi connectivity index (χ2v) is 5.10. The lowest BCUT2D eigenvalue weighted by atomic mass is 9.89. The number of rotatable bonds is 3. The van der Waals surface area contributed by atoms with Crippen LogP contribution in [0.3, 0.4) is 0 Å². The Morgan fingerprint density at radius 2 is 2.22 bits per heavy atom. The lowest BCUT2D eigenvalue weighted by molar-refractivity contribution is 0.0695. The van der Waals surface area contributed by atoms with Crippen molar-refractivity contribution < 1.29 is 14.6 Å². The Morgan fingerprint density at radius 1 is 1.44 bits per heavy atom. The summed E-state index contributed by atoms with van der Waals surface area (Å²) in [6, 6.07) is 3.21. The van der Waals surface area contributed by atoms with Gasteiger partial charge in [-0.05, 0) is 38.2 Å². The Labute approximate surface area is 107 Å². The predicted octanol–water partition coefficient (Wildman–Crippen LogP) is 3.05. The van der Waals surface area contributed by atoms with Crippen molar-refractivity contribution in [2.24, 2.45) is 5.92 Å². The van der Waals surface area contributed by atoms with E-state index in [4.69, 9.17) is 9.84 Å². The van der Waals surface area contributed by atoms with Gasteiger partial charge in [0.15, 0.2) is 0 Å². The first-order chi connectivity index (χ1) is 8.56. The van der Waals surface area contributed by atoms with Gasteiger partial charge in [-0.3, -0.25) is 0 Å². The van der Waals surface area contributed by atoms with Crippen molar-refractivity contribution >= 4 is 5.97 Å². The van der Waals surface area contributed by atoms with Crippen molar-refractivity contribution in [3.63, 3.8) is 0 Å². The zero-order valence-corrected chi connectivity index (χ0v) is 10.8. The van der Waals surface area contributed by atoms with Crippen LogP contribution in [0.15, 0.2) is 12.1 Å². The van der Waals surface area contributed by atoms with Crippen molar-refractivity contribution in [2.75, 3.05) is 0 Å². The molecule has 4 nitrogen and oxygen atoms in total. The second kappa shape index (κ2) is 5.38. The normalized spacial score (nSPS) is 23.7. The Balaban J connectivity index is 2.05. The summed E-state index contributed by atoms with van der Waals surface area (Å²) < 4.78 is 5.84. The number of nitrogens with zero attached hydrogens (tertiary/aromatic N) is 1. The highest BCUT2D eigenvalue weighted by Crippen LogP contribution is 2.27. The van der Waals surface area contributed by atoms with E-state index in [-0.39, 0.29) is 11.7 Å². The molecule has 0 aromatic carbocycles. The summed E-state index contributed by atoms with van der Waals surface area (Å²) in [6.07, 6.45) is 4.80. The Bertz CT molecular complexity index is 445. The fourth-order valence-corrected chi connectivity index (χ4v) is 2.49. The number of carboxylic acid groups (broad SMARTS) is 1. The molecule has 1 aliphatic carbocycles. The van der Waals surface area contributed by atoms with Gasteiger partial charge in [0.05, 0.1) is 11.3 Å². The van der Waals surface area contributed by atoms with E-state index in [2.05, 4.69) is 11.9 Å². The predicted molar refractivity (Wildman–Crippen MR) is 68.0 cm³/mol. The lowest BCUT2D eigenvalue weighted by Crippen LogP contribution is -2.24. The highest BCUT2D eigenvalue weighted by Gasteiger charge is 2.21. The van der Waals surface area contributed by atoms with Crippen LogP contribution in [0.1, 0.15) is 48.7 Å². The van der Waals surface area contributed by atoms with E-state index in [9.17, 15) is 4.79 Å².